The first-order valence-corrected chi connectivity index (χ1v) is 7.88. The molecular weight excluding hydrogens is 238 g/mol. The normalized spacial score (nSPS) is 27.7. The molecule has 0 aromatic heterocycles. The highest BCUT2D eigenvalue weighted by molar-refractivity contribution is 5.85. The Morgan fingerprint density at radius 1 is 1.32 bits per heavy atom. The molecule has 2 atom stereocenters. The number of rotatable bonds is 8. The minimum absolute atomic E-state index is 0.154. The number of hydrogen-bond donors (Lipinski definition) is 2. The van der Waals surface area contributed by atoms with Crippen LogP contribution < -0.4 is 11.1 Å². The zero-order chi connectivity index (χ0) is 14.3. The molecule has 1 rings (SSSR count). The molecule has 0 radical (unpaired) electrons. The van der Waals surface area contributed by atoms with Crippen molar-refractivity contribution in [1.82, 2.24) is 10.2 Å². The second kappa shape index (κ2) is 7.85. The van der Waals surface area contributed by atoms with Crippen molar-refractivity contribution in [3.05, 3.63) is 0 Å². The van der Waals surface area contributed by atoms with Crippen molar-refractivity contribution in [2.45, 2.75) is 58.4 Å². The lowest BCUT2D eigenvalue weighted by atomic mass is 9.71. The van der Waals surface area contributed by atoms with E-state index in [1.807, 2.05) is 0 Å². The van der Waals surface area contributed by atoms with Gasteiger partial charge in [0.15, 0.2) is 0 Å². The SMILES string of the molecule is CCC1CCCCC1(NCCN(CC)CC)C(N)=O. The monoisotopic (exact) mass is 269 g/mol. The Labute approximate surface area is 118 Å². The number of nitrogens with one attached hydrogen (secondary N) is 1. The van der Waals surface area contributed by atoms with E-state index in [4.69, 9.17) is 5.73 Å². The summed E-state index contributed by atoms with van der Waals surface area (Å²) in [7, 11) is 0. The lowest BCUT2D eigenvalue weighted by molar-refractivity contribution is -0.128. The molecule has 0 heterocycles. The van der Waals surface area contributed by atoms with E-state index in [2.05, 4.69) is 31.0 Å². The summed E-state index contributed by atoms with van der Waals surface area (Å²) in [6.45, 7) is 10.4. The number of likely N-dealkylation sites (N-methyl/N-ethyl adjacent to an activating group) is 1. The fourth-order valence-electron chi connectivity index (χ4n) is 3.42. The Kier molecular flexibility index (Phi) is 6.80. The van der Waals surface area contributed by atoms with Crippen molar-refractivity contribution in [1.29, 1.82) is 0 Å². The van der Waals surface area contributed by atoms with Crippen LogP contribution >= 0.6 is 0 Å². The van der Waals surface area contributed by atoms with E-state index < -0.39 is 5.54 Å². The summed E-state index contributed by atoms with van der Waals surface area (Å²) in [6.07, 6.45) is 5.39. The number of amides is 1. The molecule has 0 bridgehead atoms. The Hall–Kier alpha value is -0.610. The van der Waals surface area contributed by atoms with Crippen molar-refractivity contribution in [2.75, 3.05) is 26.2 Å². The second-order valence-corrected chi connectivity index (χ2v) is 5.64. The summed E-state index contributed by atoms with van der Waals surface area (Å²) in [6, 6.07) is 0. The summed E-state index contributed by atoms with van der Waals surface area (Å²) in [5.74, 6) is 0.244. The van der Waals surface area contributed by atoms with Gasteiger partial charge in [-0.2, -0.15) is 0 Å². The smallest absolute Gasteiger partial charge is 0.238 e. The van der Waals surface area contributed by atoms with Gasteiger partial charge in [-0.05, 0) is 31.8 Å². The fraction of sp³-hybridized carbons (Fsp3) is 0.933. The van der Waals surface area contributed by atoms with Crippen LogP contribution in [0.4, 0.5) is 0 Å². The molecule has 19 heavy (non-hydrogen) atoms. The van der Waals surface area contributed by atoms with Gasteiger partial charge in [-0.15, -0.1) is 0 Å². The quantitative estimate of drug-likeness (QED) is 0.706. The lowest BCUT2D eigenvalue weighted by Gasteiger charge is -2.42. The van der Waals surface area contributed by atoms with Gasteiger partial charge in [0.25, 0.3) is 0 Å². The van der Waals surface area contributed by atoms with E-state index in [0.717, 1.165) is 51.9 Å². The van der Waals surface area contributed by atoms with E-state index in [1.54, 1.807) is 0 Å². The second-order valence-electron chi connectivity index (χ2n) is 5.64. The van der Waals surface area contributed by atoms with Crippen LogP contribution in [0.5, 0.6) is 0 Å². The van der Waals surface area contributed by atoms with Crippen LogP contribution in [0.1, 0.15) is 52.9 Å². The van der Waals surface area contributed by atoms with E-state index >= 15 is 0 Å². The van der Waals surface area contributed by atoms with Gasteiger partial charge in [0.1, 0.15) is 5.54 Å². The molecule has 112 valence electrons. The molecule has 2 unspecified atom stereocenters. The largest absolute Gasteiger partial charge is 0.368 e. The van der Waals surface area contributed by atoms with E-state index in [9.17, 15) is 4.79 Å². The first-order chi connectivity index (χ1) is 9.10. The molecule has 0 aromatic carbocycles. The zero-order valence-electron chi connectivity index (χ0n) is 12.9. The molecule has 0 aliphatic heterocycles. The maximum atomic E-state index is 12.0. The highest BCUT2D eigenvalue weighted by atomic mass is 16.1. The maximum absolute atomic E-state index is 12.0. The van der Waals surface area contributed by atoms with Gasteiger partial charge in [-0.3, -0.25) is 4.79 Å². The minimum Gasteiger partial charge on any atom is -0.368 e. The van der Waals surface area contributed by atoms with Gasteiger partial charge in [-0.1, -0.05) is 40.0 Å². The van der Waals surface area contributed by atoms with Crippen molar-refractivity contribution in [2.24, 2.45) is 11.7 Å². The van der Waals surface area contributed by atoms with Crippen LogP contribution in [0.25, 0.3) is 0 Å². The molecule has 1 aliphatic rings. The Bertz CT molecular complexity index is 279. The van der Waals surface area contributed by atoms with Gasteiger partial charge >= 0.3 is 0 Å². The number of carbonyl (C=O) groups is 1. The summed E-state index contributed by atoms with van der Waals surface area (Å²) in [5, 5.41) is 3.52. The first kappa shape index (κ1) is 16.4. The van der Waals surface area contributed by atoms with Crippen LogP contribution in [0.2, 0.25) is 0 Å². The molecule has 0 spiro atoms. The molecular formula is C15H31N3O. The topological polar surface area (TPSA) is 58.4 Å². The van der Waals surface area contributed by atoms with Crippen LogP contribution in [0, 0.1) is 5.92 Å². The third-order valence-electron chi connectivity index (χ3n) is 4.77. The van der Waals surface area contributed by atoms with Gasteiger partial charge in [-0.25, -0.2) is 0 Å². The van der Waals surface area contributed by atoms with E-state index in [0.29, 0.717) is 5.92 Å². The van der Waals surface area contributed by atoms with Crippen molar-refractivity contribution < 1.29 is 4.79 Å². The first-order valence-electron chi connectivity index (χ1n) is 7.88. The predicted molar refractivity (Wildman–Crippen MR) is 80.0 cm³/mol. The maximum Gasteiger partial charge on any atom is 0.238 e. The van der Waals surface area contributed by atoms with Crippen LogP contribution in [0.3, 0.4) is 0 Å². The zero-order valence-corrected chi connectivity index (χ0v) is 12.9. The lowest BCUT2D eigenvalue weighted by Crippen LogP contribution is -2.62. The number of carbonyl (C=O) groups excluding carboxylic acids is 1. The summed E-state index contributed by atoms with van der Waals surface area (Å²) in [4.78, 5) is 14.4. The Balaban J connectivity index is 2.63. The molecule has 3 N–H and O–H groups in total. The Morgan fingerprint density at radius 3 is 2.53 bits per heavy atom. The standard InChI is InChI=1S/C15H31N3O/c1-4-13-9-7-8-10-15(13,14(16)19)17-11-12-18(5-2)6-3/h13,17H,4-12H2,1-3H3,(H2,16,19). The summed E-state index contributed by atoms with van der Waals surface area (Å²) in [5.41, 5.74) is 5.28. The molecule has 1 amide bonds. The molecule has 1 aliphatic carbocycles. The highest BCUT2D eigenvalue weighted by Crippen LogP contribution is 2.35. The number of nitrogens with zero attached hydrogens (tertiary/aromatic N) is 1. The van der Waals surface area contributed by atoms with Crippen molar-refractivity contribution in [3.63, 3.8) is 0 Å². The van der Waals surface area contributed by atoms with Gasteiger partial charge in [0, 0.05) is 13.1 Å². The van der Waals surface area contributed by atoms with Crippen LogP contribution in [0.15, 0.2) is 0 Å². The number of primary amides is 1. The third kappa shape index (κ3) is 3.93. The number of hydrogen-bond acceptors (Lipinski definition) is 3. The minimum atomic E-state index is -0.458. The van der Waals surface area contributed by atoms with Crippen LogP contribution in [-0.2, 0) is 4.79 Å². The van der Waals surface area contributed by atoms with Gasteiger partial charge < -0.3 is 16.0 Å². The average molecular weight is 269 g/mol. The summed E-state index contributed by atoms with van der Waals surface area (Å²) < 4.78 is 0. The van der Waals surface area contributed by atoms with Gasteiger partial charge in [0.05, 0.1) is 0 Å². The number of nitrogens with two attached hydrogens (primary N) is 1. The predicted octanol–water partition coefficient (Wildman–Crippen LogP) is 1.74. The molecule has 0 aromatic rings. The van der Waals surface area contributed by atoms with Crippen molar-refractivity contribution >= 4 is 5.91 Å². The Morgan fingerprint density at radius 2 is 2.00 bits per heavy atom. The van der Waals surface area contributed by atoms with Crippen molar-refractivity contribution in [3.8, 4) is 0 Å². The van der Waals surface area contributed by atoms with E-state index in [-0.39, 0.29) is 5.91 Å². The van der Waals surface area contributed by atoms with Gasteiger partial charge in [0.2, 0.25) is 5.91 Å². The van der Waals surface area contributed by atoms with E-state index in [1.165, 1.54) is 6.42 Å². The molecule has 4 nitrogen and oxygen atoms in total. The summed E-state index contributed by atoms with van der Waals surface area (Å²) >= 11 is 0. The molecule has 1 fully saturated rings. The average Bonchev–Trinajstić information content (AvgIpc) is 2.43. The third-order valence-corrected chi connectivity index (χ3v) is 4.77. The highest BCUT2D eigenvalue weighted by Gasteiger charge is 2.44. The molecule has 1 saturated carbocycles. The van der Waals surface area contributed by atoms with Crippen LogP contribution in [-0.4, -0.2) is 42.5 Å². The molecule has 4 heteroatoms. The molecule has 0 saturated heterocycles. The fourth-order valence-corrected chi connectivity index (χ4v) is 3.42.